The third-order valence-corrected chi connectivity index (χ3v) is 19.0. The number of rotatable bonds is 77. The molecule has 0 aromatic rings. The lowest BCUT2D eigenvalue weighted by Gasteiger charge is -2.21. The maximum absolute atomic E-state index is 13.1. The number of unbranched alkanes of at least 4 members (excludes halogenated alkanes) is 29. The Balaban J connectivity index is 5.46. The first-order valence-electron chi connectivity index (χ1n) is 41.4. The summed E-state index contributed by atoms with van der Waals surface area (Å²) < 4.78 is 68.6. The van der Waals surface area contributed by atoms with Gasteiger partial charge in [0.15, 0.2) is 12.2 Å². The molecule has 19 heteroatoms. The minimum absolute atomic E-state index is 0.00825. The number of carbonyl (C=O) groups excluding carboxylic acids is 4. The van der Waals surface area contributed by atoms with Gasteiger partial charge >= 0.3 is 39.5 Å². The molecule has 2 unspecified atom stereocenters. The summed E-state index contributed by atoms with van der Waals surface area (Å²) in [5, 5.41) is 10.7. The molecule has 0 aromatic heterocycles. The molecule has 3 N–H and O–H groups in total. The quantitative estimate of drug-likeness (QED) is 0.0169. The second-order valence-electron chi connectivity index (χ2n) is 27.3. The van der Waals surface area contributed by atoms with E-state index in [1.807, 2.05) is 12.2 Å². The molecule has 0 heterocycles. The Morgan fingerprint density at radius 2 is 0.500 bits per heavy atom. The van der Waals surface area contributed by atoms with Crippen LogP contribution in [0.25, 0.3) is 0 Å². The van der Waals surface area contributed by atoms with Crippen molar-refractivity contribution in [3.8, 4) is 0 Å². The Morgan fingerprint density at radius 3 is 0.830 bits per heavy atom. The average Bonchev–Trinajstić information content (AvgIpc) is 0.902. The zero-order valence-corrected chi connectivity index (χ0v) is 68.4. The molecule has 0 aliphatic rings. The van der Waals surface area contributed by atoms with Gasteiger partial charge in [-0.25, -0.2) is 9.13 Å². The molecular weight excluding hydrogens is 1380 g/mol. The van der Waals surface area contributed by atoms with Crippen molar-refractivity contribution >= 4 is 39.5 Å². The summed E-state index contributed by atoms with van der Waals surface area (Å²) in [6.07, 6.45) is 88.5. The van der Waals surface area contributed by atoms with E-state index in [0.29, 0.717) is 32.1 Å². The highest BCUT2D eigenvalue weighted by Crippen LogP contribution is 2.45. The number of ether oxygens (including phenoxy) is 4. The molecular formula is C87H148O17P2. The lowest BCUT2D eigenvalue weighted by molar-refractivity contribution is -0.161. The minimum Gasteiger partial charge on any atom is -0.462 e. The predicted octanol–water partition coefficient (Wildman–Crippen LogP) is 24.4. The standard InChI is InChI=1S/C87H148O17P2/c1-5-9-13-17-21-25-29-33-37-39-40-42-45-48-52-56-60-64-68-72-85(90)98-78-83(104-87(92)74-70-66-62-58-54-50-46-41-38-34-30-26-22-18-14-10-6-2)80-102-106(95,96)100-76-81(88)75-99-105(93,94)101-79-82(103-86(91)73-69-65-61-57-53-49-44-36-32-28-24-20-16-12-8-4)77-97-84(89)71-67-63-59-55-51-47-43-35-31-27-23-19-15-11-7-3/h9,13,21-22,25-28,31-34,37-38,40,42,46,48,50,52,58,62,81-83,88H,5-8,10-12,14-20,23-24,29-30,35-36,39,41,43-45,47,49,51,53-57,59-61,63-80H2,1-4H3,(H,93,94)(H,95,96)/b13-9-,25-21-,26-22-,31-27-,32-28-,37-33-,38-34-,42-40-,50-46-,52-48-,62-58-/t81-,82+,83+/m0/s1. The van der Waals surface area contributed by atoms with Crippen molar-refractivity contribution in [2.45, 2.75) is 354 Å². The van der Waals surface area contributed by atoms with Gasteiger partial charge in [0.05, 0.1) is 26.4 Å². The maximum Gasteiger partial charge on any atom is 0.472 e. The summed E-state index contributed by atoms with van der Waals surface area (Å²) in [5.74, 6) is -2.28. The smallest absolute Gasteiger partial charge is 0.462 e. The van der Waals surface area contributed by atoms with Crippen molar-refractivity contribution < 1.29 is 80.2 Å². The molecule has 0 spiro atoms. The van der Waals surface area contributed by atoms with Gasteiger partial charge in [0.1, 0.15) is 19.3 Å². The molecule has 0 fully saturated rings. The molecule has 0 aliphatic carbocycles. The number of phosphoric ester groups is 2. The minimum atomic E-state index is -5.01. The van der Waals surface area contributed by atoms with E-state index in [-0.39, 0.29) is 25.7 Å². The summed E-state index contributed by atoms with van der Waals surface area (Å²) in [5.41, 5.74) is 0. The third kappa shape index (κ3) is 77.4. The third-order valence-electron chi connectivity index (χ3n) is 17.1. The van der Waals surface area contributed by atoms with Crippen LogP contribution in [-0.2, 0) is 65.4 Å². The fraction of sp³-hybridized carbons (Fsp3) is 0.701. The van der Waals surface area contributed by atoms with Gasteiger partial charge in [0, 0.05) is 25.7 Å². The van der Waals surface area contributed by atoms with Gasteiger partial charge in [0.25, 0.3) is 0 Å². The second-order valence-corrected chi connectivity index (χ2v) is 30.2. The monoisotopic (exact) mass is 1530 g/mol. The van der Waals surface area contributed by atoms with Gasteiger partial charge < -0.3 is 33.8 Å². The summed E-state index contributed by atoms with van der Waals surface area (Å²) >= 11 is 0. The Kier molecular flexibility index (Phi) is 74.8. The first-order valence-corrected chi connectivity index (χ1v) is 44.4. The van der Waals surface area contributed by atoms with E-state index in [1.54, 1.807) is 0 Å². The molecule has 0 saturated heterocycles. The molecule has 5 atom stereocenters. The Hall–Kier alpha value is -4.80. The fourth-order valence-corrected chi connectivity index (χ4v) is 12.3. The van der Waals surface area contributed by atoms with Crippen LogP contribution in [0.3, 0.4) is 0 Å². The zero-order valence-electron chi connectivity index (χ0n) is 66.6. The molecule has 106 heavy (non-hydrogen) atoms. The number of esters is 4. The van der Waals surface area contributed by atoms with Gasteiger partial charge in [-0.15, -0.1) is 0 Å². The normalized spacial score (nSPS) is 14.5. The van der Waals surface area contributed by atoms with Crippen molar-refractivity contribution in [1.29, 1.82) is 0 Å². The second kappa shape index (κ2) is 78.3. The van der Waals surface area contributed by atoms with Crippen LogP contribution in [0.2, 0.25) is 0 Å². The average molecular weight is 1530 g/mol. The summed E-state index contributed by atoms with van der Waals surface area (Å²) in [4.78, 5) is 73.1. The molecule has 0 rings (SSSR count). The van der Waals surface area contributed by atoms with Gasteiger partial charge in [-0.05, 0) is 161 Å². The topological polar surface area (TPSA) is 237 Å². The van der Waals surface area contributed by atoms with Crippen molar-refractivity contribution in [3.63, 3.8) is 0 Å². The van der Waals surface area contributed by atoms with E-state index < -0.39 is 97.5 Å². The SMILES string of the molecule is CC/C=C\C/C=C\C/C=C\C/C=C\C/C=C\CCCCCC(=O)OC[C@H](COP(=O)(O)OC[C@@H](O)COP(=O)(O)OC[C@@H](COC(=O)CCCCCCCCC/C=C\CCCCCC)OC(=O)CCCCCCCCC/C=C\CCCCCC)OC(=O)CCC/C=C\C/C=C\C/C=C\C/C=C\CCCCC. The van der Waals surface area contributed by atoms with E-state index in [4.69, 9.17) is 37.0 Å². The maximum atomic E-state index is 13.1. The lowest BCUT2D eigenvalue weighted by Crippen LogP contribution is -2.30. The first kappa shape index (κ1) is 101. The van der Waals surface area contributed by atoms with Gasteiger partial charge in [-0.3, -0.25) is 37.3 Å². The summed E-state index contributed by atoms with van der Waals surface area (Å²) in [6, 6.07) is 0. The van der Waals surface area contributed by atoms with E-state index in [9.17, 15) is 43.2 Å². The lowest BCUT2D eigenvalue weighted by atomic mass is 10.1. The Morgan fingerprint density at radius 1 is 0.274 bits per heavy atom. The Bertz CT molecular complexity index is 2530. The van der Waals surface area contributed by atoms with Gasteiger partial charge in [-0.2, -0.15) is 0 Å². The zero-order chi connectivity index (χ0) is 77.4. The first-order chi connectivity index (χ1) is 51.7. The van der Waals surface area contributed by atoms with Crippen molar-refractivity contribution in [1.82, 2.24) is 0 Å². The highest BCUT2D eigenvalue weighted by atomic mass is 31.2. The van der Waals surface area contributed by atoms with Crippen LogP contribution in [-0.4, -0.2) is 96.7 Å². The highest BCUT2D eigenvalue weighted by Gasteiger charge is 2.30. The molecule has 0 aromatic carbocycles. The van der Waals surface area contributed by atoms with E-state index in [2.05, 4.69) is 149 Å². The predicted molar refractivity (Wildman–Crippen MR) is 436 cm³/mol. The Labute approximate surface area is 644 Å². The fourth-order valence-electron chi connectivity index (χ4n) is 10.8. The molecule has 0 bridgehead atoms. The van der Waals surface area contributed by atoms with Crippen LogP contribution in [0.5, 0.6) is 0 Å². The van der Waals surface area contributed by atoms with Crippen LogP contribution in [0, 0.1) is 0 Å². The van der Waals surface area contributed by atoms with Crippen LogP contribution < -0.4 is 0 Å². The van der Waals surface area contributed by atoms with Crippen molar-refractivity contribution in [3.05, 3.63) is 134 Å². The number of hydrogen-bond acceptors (Lipinski definition) is 15. The summed E-state index contributed by atoms with van der Waals surface area (Å²) in [6.45, 7) is 4.63. The molecule has 608 valence electrons. The van der Waals surface area contributed by atoms with Gasteiger partial charge in [0.2, 0.25) is 0 Å². The van der Waals surface area contributed by atoms with E-state index in [1.165, 1.54) is 83.5 Å². The number of allylic oxidation sites excluding steroid dienone is 22. The number of hydrogen-bond donors (Lipinski definition) is 3. The largest absolute Gasteiger partial charge is 0.472 e. The number of aliphatic hydroxyl groups excluding tert-OH is 1. The van der Waals surface area contributed by atoms with Gasteiger partial charge in [-0.1, -0.05) is 283 Å². The molecule has 0 amide bonds. The molecule has 0 saturated carbocycles. The van der Waals surface area contributed by atoms with Crippen LogP contribution in [0.4, 0.5) is 0 Å². The number of aliphatic hydroxyl groups is 1. The van der Waals surface area contributed by atoms with E-state index in [0.717, 1.165) is 167 Å². The van der Waals surface area contributed by atoms with E-state index >= 15 is 0 Å². The van der Waals surface area contributed by atoms with Crippen LogP contribution in [0.1, 0.15) is 336 Å². The van der Waals surface area contributed by atoms with Crippen LogP contribution in [0.15, 0.2) is 134 Å². The molecule has 0 radical (unpaired) electrons. The summed E-state index contributed by atoms with van der Waals surface area (Å²) in [7, 11) is -9.99. The van der Waals surface area contributed by atoms with Crippen molar-refractivity contribution in [2.24, 2.45) is 0 Å². The number of carbonyl (C=O) groups is 4. The van der Waals surface area contributed by atoms with Crippen LogP contribution >= 0.6 is 15.6 Å². The number of phosphoric acid groups is 2. The highest BCUT2D eigenvalue weighted by molar-refractivity contribution is 7.47. The molecule has 17 nitrogen and oxygen atoms in total. The van der Waals surface area contributed by atoms with Crippen molar-refractivity contribution in [2.75, 3.05) is 39.6 Å². The molecule has 0 aliphatic heterocycles.